The third kappa shape index (κ3) is 4.65. The number of rotatable bonds is 6. The Kier molecular flexibility index (Phi) is 6.64. The molecular weight excluding hydrogens is 266 g/mol. The van der Waals surface area contributed by atoms with E-state index in [4.69, 9.17) is 5.73 Å². The van der Waals surface area contributed by atoms with E-state index in [-0.39, 0.29) is 6.61 Å². The molecule has 3 heteroatoms. The van der Waals surface area contributed by atoms with E-state index in [1.807, 2.05) is 23.9 Å². The SMILES string of the molecule is NC/C=C(\CO)c1cccc(SCC2CCCCC2)c1. The van der Waals surface area contributed by atoms with Gasteiger partial charge in [0.2, 0.25) is 0 Å². The predicted octanol–water partition coefficient (Wildman–Crippen LogP) is 3.69. The van der Waals surface area contributed by atoms with Gasteiger partial charge in [-0.25, -0.2) is 0 Å². The molecule has 1 aromatic rings. The van der Waals surface area contributed by atoms with Gasteiger partial charge >= 0.3 is 0 Å². The van der Waals surface area contributed by atoms with E-state index in [0.717, 1.165) is 17.1 Å². The predicted molar refractivity (Wildman–Crippen MR) is 87.9 cm³/mol. The number of hydrogen-bond donors (Lipinski definition) is 2. The van der Waals surface area contributed by atoms with Gasteiger partial charge in [-0.1, -0.05) is 37.5 Å². The maximum Gasteiger partial charge on any atom is 0.0685 e. The van der Waals surface area contributed by atoms with Crippen molar-refractivity contribution < 1.29 is 5.11 Å². The summed E-state index contributed by atoms with van der Waals surface area (Å²) < 4.78 is 0. The fraction of sp³-hybridized carbons (Fsp3) is 0.529. The van der Waals surface area contributed by atoms with E-state index < -0.39 is 0 Å². The van der Waals surface area contributed by atoms with Crippen LogP contribution in [0.1, 0.15) is 37.7 Å². The highest BCUT2D eigenvalue weighted by Gasteiger charge is 2.13. The quantitative estimate of drug-likeness (QED) is 0.786. The Morgan fingerprint density at radius 2 is 2.10 bits per heavy atom. The number of thioether (sulfide) groups is 1. The minimum atomic E-state index is 0.0495. The molecule has 0 bridgehead atoms. The monoisotopic (exact) mass is 291 g/mol. The topological polar surface area (TPSA) is 46.2 Å². The zero-order valence-electron chi connectivity index (χ0n) is 12.1. The number of aliphatic hydroxyl groups is 1. The molecule has 0 aliphatic heterocycles. The van der Waals surface area contributed by atoms with Crippen LogP contribution in [0.3, 0.4) is 0 Å². The molecule has 110 valence electrons. The molecule has 0 aromatic heterocycles. The zero-order chi connectivity index (χ0) is 14.2. The van der Waals surface area contributed by atoms with Crippen LogP contribution in [-0.4, -0.2) is 24.0 Å². The summed E-state index contributed by atoms with van der Waals surface area (Å²) in [5, 5.41) is 9.40. The largest absolute Gasteiger partial charge is 0.392 e. The van der Waals surface area contributed by atoms with Gasteiger partial charge in [0.25, 0.3) is 0 Å². The van der Waals surface area contributed by atoms with Gasteiger partial charge in [-0.3, -0.25) is 0 Å². The molecule has 2 nitrogen and oxygen atoms in total. The third-order valence-corrected chi connectivity index (χ3v) is 5.18. The summed E-state index contributed by atoms with van der Waals surface area (Å²) in [6, 6.07) is 8.45. The van der Waals surface area contributed by atoms with E-state index in [0.29, 0.717) is 6.54 Å². The fourth-order valence-electron chi connectivity index (χ4n) is 2.77. The standard InChI is InChI=1S/C17H25NOS/c18-10-9-16(12-19)15-7-4-8-17(11-15)20-13-14-5-2-1-3-6-14/h4,7-9,11,14,19H,1-3,5-6,10,12-13,18H2/b16-9+. The van der Waals surface area contributed by atoms with Crippen molar-refractivity contribution in [2.75, 3.05) is 18.9 Å². The van der Waals surface area contributed by atoms with Gasteiger partial charge in [0, 0.05) is 17.2 Å². The fourth-order valence-corrected chi connectivity index (χ4v) is 3.92. The summed E-state index contributed by atoms with van der Waals surface area (Å²) in [4.78, 5) is 1.30. The molecule has 3 N–H and O–H groups in total. The lowest BCUT2D eigenvalue weighted by molar-refractivity contribution is 0.350. The first-order valence-corrected chi connectivity index (χ1v) is 8.55. The minimum absolute atomic E-state index is 0.0495. The molecule has 1 saturated carbocycles. The van der Waals surface area contributed by atoms with Crippen molar-refractivity contribution in [2.45, 2.75) is 37.0 Å². The van der Waals surface area contributed by atoms with Gasteiger partial charge in [-0.05, 0) is 42.0 Å². The molecule has 0 spiro atoms. The van der Waals surface area contributed by atoms with Gasteiger partial charge < -0.3 is 10.8 Å². The number of hydrogen-bond acceptors (Lipinski definition) is 3. The highest BCUT2D eigenvalue weighted by molar-refractivity contribution is 7.99. The first-order valence-electron chi connectivity index (χ1n) is 7.56. The van der Waals surface area contributed by atoms with Crippen LogP contribution in [-0.2, 0) is 0 Å². The maximum absolute atomic E-state index is 9.40. The summed E-state index contributed by atoms with van der Waals surface area (Å²) in [5.41, 5.74) is 7.56. The van der Waals surface area contributed by atoms with Gasteiger partial charge in [0.15, 0.2) is 0 Å². The van der Waals surface area contributed by atoms with Crippen molar-refractivity contribution in [3.8, 4) is 0 Å². The molecule has 0 heterocycles. The van der Waals surface area contributed by atoms with Gasteiger partial charge in [-0.15, -0.1) is 11.8 Å². The summed E-state index contributed by atoms with van der Waals surface area (Å²) in [5.74, 6) is 2.10. The van der Waals surface area contributed by atoms with Crippen LogP contribution < -0.4 is 5.73 Å². The van der Waals surface area contributed by atoms with Crippen LogP contribution >= 0.6 is 11.8 Å². The lowest BCUT2D eigenvalue weighted by Gasteiger charge is -2.21. The van der Waals surface area contributed by atoms with E-state index in [1.54, 1.807) is 0 Å². The minimum Gasteiger partial charge on any atom is -0.392 e. The molecule has 0 saturated heterocycles. The zero-order valence-corrected chi connectivity index (χ0v) is 12.9. The maximum atomic E-state index is 9.40. The second-order valence-corrected chi connectivity index (χ2v) is 6.56. The van der Waals surface area contributed by atoms with Gasteiger partial charge in [-0.2, -0.15) is 0 Å². The number of nitrogens with two attached hydrogens (primary N) is 1. The average Bonchev–Trinajstić information content (AvgIpc) is 2.52. The summed E-state index contributed by atoms with van der Waals surface area (Å²) >= 11 is 1.95. The Balaban J connectivity index is 1.96. The second kappa shape index (κ2) is 8.50. The molecule has 20 heavy (non-hydrogen) atoms. The first-order chi connectivity index (χ1) is 9.83. The normalized spacial score (nSPS) is 17.4. The molecule has 1 aliphatic rings. The summed E-state index contributed by atoms with van der Waals surface area (Å²) in [6.45, 7) is 0.517. The highest BCUT2D eigenvalue weighted by atomic mass is 32.2. The lowest BCUT2D eigenvalue weighted by Crippen LogP contribution is -2.08. The van der Waals surface area contributed by atoms with Crippen molar-refractivity contribution in [1.82, 2.24) is 0 Å². The molecule has 1 aromatic carbocycles. The summed E-state index contributed by atoms with van der Waals surface area (Å²) in [6.07, 6.45) is 8.90. The highest BCUT2D eigenvalue weighted by Crippen LogP contribution is 2.30. The Hall–Kier alpha value is -0.770. The number of benzene rings is 1. The van der Waals surface area contributed by atoms with Crippen LogP contribution in [0, 0.1) is 5.92 Å². The molecule has 0 amide bonds. The molecule has 0 radical (unpaired) electrons. The Labute approximate surface area is 126 Å². The van der Waals surface area contributed by atoms with E-state index in [2.05, 4.69) is 18.2 Å². The third-order valence-electron chi connectivity index (χ3n) is 3.95. The molecule has 0 unspecified atom stereocenters. The van der Waals surface area contributed by atoms with Gasteiger partial charge in [0.1, 0.15) is 0 Å². The van der Waals surface area contributed by atoms with Crippen molar-refractivity contribution in [1.29, 1.82) is 0 Å². The smallest absolute Gasteiger partial charge is 0.0685 e. The van der Waals surface area contributed by atoms with Crippen molar-refractivity contribution in [3.05, 3.63) is 35.9 Å². The van der Waals surface area contributed by atoms with Gasteiger partial charge in [0.05, 0.1) is 6.61 Å². The van der Waals surface area contributed by atoms with Crippen molar-refractivity contribution in [2.24, 2.45) is 11.7 Å². The van der Waals surface area contributed by atoms with Crippen molar-refractivity contribution >= 4 is 17.3 Å². The van der Waals surface area contributed by atoms with Crippen molar-refractivity contribution in [3.63, 3.8) is 0 Å². The van der Waals surface area contributed by atoms with Crippen LogP contribution in [0.5, 0.6) is 0 Å². The Morgan fingerprint density at radius 3 is 2.80 bits per heavy atom. The molecule has 2 rings (SSSR count). The summed E-state index contributed by atoms with van der Waals surface area (Å²) in [7, 11) is 0. The van der Waals surface area contributed by atoms with Crippen LogP contribution in [0.2, 0.25) is 0 Å². The molecular formula is C17H25NOS. The Morgan fingerprint density at radius 1 is 1.30 bits per heavy atom. The van der Waals surface area contributed by atoms with Crippen LogP contribution in [0.15, 0.2) is 35.2 Å². The van der Waals surface area contributed by atoms with E-state index >= 15 is 0 Å². The number of aliphatic hydroxyl groups excluding tert-OH is 1. The Bertz CT molecular complexity index is 438. The average molecular weight is 291 g/mol. The molecule has 1 aliphatic carbocycles. The van der Waals surface area contributed by atoms with E-state index in [1.165, 1.54) is 42.8 Å². The second-order valence-electron chi connectivity index (χ2n) is 5.47. The lowest BCUT2D eigenvalue weighted by atomic mass is 9.91. The van der Waals surface area contributed by atoms with E-state index in [9.17, 15) is 5.11 Å². The molecule has 0 atom stereocenters. The van der Waals surface area contributed by atoms with Crippen LogP contribution in [0.25, 0.3) is 5.57 Å². The molecule has 1 fully saturated rings. The first kappa shape index (κ1) is 15.6. The van der Waals surface area contributed by atoms with Crippen LogP contribution in [0.4, 0.5) is 0 Å².